The fourth-order valence-corrected chi connectivity index (χ4v) is 2.00. The third-order valence-electron chi connectivity index (χ3n) is 2.45. The monoisotopic (exact) mass is 329 g/mol. The van der Waals surface area contributed by atoms with Crippen LogP contribution in [0.3, 0.4) is 0 Å². The Bertz CT molecular complexity index is 602. The van der Waals surface area contributed by atoms with Gasteiger partial charge in [-0.1, -0.05) is 15.9 Å². The van der Waals surface area contributed by atoms with Crippen molar-refractivity contribution in [2.45, 2.75) is 13.5 Å². The molecule has 1 aromatic heterocycles. The van der Waals surface area contributed by atoms with Gasteiger partial charge in [0.25, 0.3) is 5.91 Å². The van der Waals surface area contributed by atoms with Crippen LogP contribution in [-0.2, 0) is 6.54 Å². The average molecular weight is 330 g/mol. The van der Waals surface area contributed by atoms with Crippen LogP contribution in [-0.4, -0.2) is 5.91 Å². The van der Waals surface area contributed by atoms with E-state index in [0.717, 1.165) is 12.1 Å². The van der Waals surface area contributed by atoms with E-state index in [1.165, 1.54) is 0 Å². The molecule has 1 aromatic carbocycles. The first-order chi connectivity index (χ1) is 8.97. The maximum Gasteiger partial charge on any atom is 0.257 e. The predicted octanol–water partition coefficient (Wildman–Crippen LogP) is 3.56. The Hall–Kier alpha value is -1.69. The van der Waals surface area contributed by atoms with Gasteiger partial charge in [0.05, 0.1) is 6.54 Å². The number of carbonyl (C=O) groups excluding carboxylic acids is 1. The number of nitrogens with one attached hydrogen (secondary N) is 1. The van der Waals surface area contributed by atoms with E-state index >= 15 is 0 Å². The number of hydrogen-bond donors (Lipinski definition) is 1. The van der Waals surface area contributed by atoms with Crippen LogP contribution in [0.2, 0.25) is 0 Å². The van der Waals surface area contributed by atoms with Crippen LogP contribution in [0.15, 0.2) is 33.2 Å². The molecule has 0 saturated carbocycles. The molecule has 1 heterocycles. The molecule has 100 valence electrons. The molecule has 1 amide bonds. The largest absolute Gasteiger partial charge is 0.465 e. The quantitative estimate of drug-likeness (QED) is 0.935. The Labute approximate surface area is 116 Å². The van der Waals surface area contributed by atoms with Crippen LogP contribution in [0.25, 0.3) is 0 Å². The van der Waals surface area contributed by atoms with Crippen LogP contribution in [0, 0.1) is 18.6 Å². The number of hydrogen-bond acceptors (Lipinski definition) is 2. The van der Waals surface area contributed by atoms with Crippen molar-refractivity contribution in [3.8, 4) is 0 Å². The molecular formula is C13H10BrF2NO2. The Morgan fingerprint density at radius 3 is 2.47 bits per heavy atom. The van der Waals surface area contributed by atoms with Gasteiger partial charge in [0.2, 0.25) is 0 Å². The molecular weight excluding hydrogens is 320 g/mol. The minimum atomic E-state index is -0.917. The lowest BCUT2D eigenvalue weighted by Crippen LogP contribution is -2.24. The number of carbonyl (C=O) groups is 1. The van der Waals surface area contributed by atoms with Crippen molar-refractivity contribution in [1.29, 1.82) is 0 Å². The molecule has 0 unspecified atom stereocenters. The van der Waals surface area contributed by atoms with E-state index in [1.807, 2.05) is 0 Å². The topological polar surface area (TPSA) is 42.2 Å². The van der Waals surface area contributed by atoms with Gasteiger partial charge in [-0.05, 0) is 31.2 Å². The second-order valence-corrected chi connectivity index (χ2v) is 4.86. The summed E-state index contributed by atoms with van der Waals surface area (Å²) in [6, 6.07) is 5.50. The van der Waals surface area contributed by atoms with Gasteiger partial charge in [-0.3, -0.25) is 4.79 Å². The van der Waals surface area contributed by atoms with Crippen molar-refractivity contribution >= 4 is 21.8 Å². The molecule has 2 rings (SSSR count). The van der Waals surface area contributed by atoms with Crippen LogP contribution in [0.1, 0.15) is 21.9 Å². The van der Waals surface area contributed by atoms with Gasteiger partial charge in [-0.15, -0.1) is 0 Å². The highest BCUT2D eigenvalue weighted by Crippen LogP contribution is 2.19. The second-order valence-electron chi connectivity index (χ2n) is 3.94. The molecule has 1 N–H and O–H groups in total. The molecule has 0 radical (unpaired) electrons. The maximum atomic E-state index is 13.5. The van der Waals surface area contributed by atoms with Gasteiger partial charge >= 0.3 is 0 Å². The molecule has 0 fully saturated rings. The molecule has 0 spiro atoms. The molecule has 0 atom stereocenters. The molecule has 0 aliphatic heterocycles. The molecule has 6 heteroatoms. The zero-order valence-corrected chi connectivity index (χ0v) is 11.6. The molecule has 19 heavy (non-hydrogen) atoms. The number of furan rings is 1. The van der Waals surface area contributed by atoms with Crippen LogP contribution < -0.4 is 5.32 Å². The van der Waals surface area contributed by atoms with Crippen LogP contribution >= 0.6 is 15.9 Å². The normalized spacial score (nSPS) is 10.5. The number of benzene rings is 1. The molecule has 0 saturated heterocycles. The first-order valence-electron chi connectivity index (χ1n) is 5.45. The first-order valence-corrected chi connectivity index (χ1v) is 6.24. The fraction of sp³-hybridized carbons (Fsp3) is 0.154. The molecule has 2 aromatic rings. The Kier molecular flexibility index (Phi) is 3.99. The SMILES string of the molecule is Cc1ccc(CNC(=O)c2c(F)cc(Br)cc2F)o1. The van der Waals surface area contributed by atoms with Crippen LogP contribution in [0.5, 0.6) is 0 Å². The molecule has 0 aliphatic carbocycles. The minimum Gasteiger partial charge on any atom is -0.465 e. The van der Waals surface area contributed by atoms with E-state index in [9.17, 15) is 13.6 Å². The summed E-state index contributed by atoms with van der Waals surface area (Å²) in [5, 5.41) is 2.40. The van der Waals surface area contributed by atoms with Crippen molar-refractivity contribution < 1.29 is 18.0 Å². The summed E-state index contributed by atoms with van der Waals surface area (Å²) in [5.41, 5.74) is -0.605. The van der Waals surface area contributed by atoms with Gasteiger partial charge < -0.3 is 9.73 Å². The Balaban J connectivity index is 2.12. The summed E-state index contributed by atoms with van der Waals surface area (Å²) in [7, 11) is 0. The van der Waals surface area contributed by atoms with E-state index in [1.54, 1.807) is 19.1 Å². The van der Waals surface area contributed by atoms with E-state index in [-0.39, 0.29) is 11.0 Å². The van der Waals surface area contributed by atoms with Crippen LogP contribution in [0.4, 0.5) is 8.78 Å². The third kappa shape index (κ3) is 3.20. The van der Waals surface area contributed by atoms with Crippen molar-refractivity contribution in [3.63, 3.8) is 0 Å². The Morgan fingerprint density at radius 2 is 1.95 bits per heavy atom. The van der Waals surface area contributed by atoms with Crippen molar-refractivity contribution in [2.24, 2.45) is 0 Å². The maximum absolute atomic E-state index is 13.5. The first kappa shape index (κ1) is 13.7. The smallest absolute Gasteiger partial charge is 0.257 e. The van der Waals surface area contributed by atoms with E-state index in [0.29, 0.717) is 11.5 Å². The van der Waals surface area contributed by atoms with Crippen molar-refractivity contribution in [1.82, 2.24) is 5.32 Å². The number of amides is 1. The molecule has 0 aliphatic rings. The standard InChI is InChI=1S/C13H10BrF2NO2/c1-7-2-3-9(19-7)6-17-13(18)12-10(15)4-8(14)5-11(12)16/h2-5H,6H2,1H3,(H,17,18). The third-order valence-corrected chi connectivity index (χ3v) is 2.91. The number of halogens is 3. The van der Waals surface area contributed by atoms with E-state index in [4.69, 9.17) is 4.42 Å². The predicted molar refractivity (Wildman–Crippen MR) is 68.7 cm³/mol. The second kappa shape index (κ2) is 5.52. The number of rotatable bonds is 3. The lowest BCUT2D eigenvalue weighted by atomic mass is 10.2. The average Bonchev–Trinajstić information content (AvgIpc) is 2.71. The highest BCUT2D eigenvalue weighted by atomic mass is 79.9. The van der Waals surface area contributed by atoms with Gasteiger partial charge in [-0.25, -0.2) is 8.78 Å². The summed E-state index contributed by atoms with van der Waals surface area (Å²) in [6.45, 7) is 1.83. The van der Waals surface area contributed by atoms with Gasteiger partial charge in [0, 0.05) is 4.47 Å². The van der Waals surface area contributed by atoms with Gasteiger partial charge in [0.1, 0.15) is 28.7 Å². The zero-order valence-electron chi connectivity index (χ0n) is 9.97. The van der Waals surface area contributed by atoms with Gasteiger partial charge in [0.15, 0.2) is 0 Å². The molecule has 0 bridgehead atoms. The summed E-state index contributed by atoms with van der Waals surface area (Å²) >= 11 is 2.95. The zero-order chi connectivity index (χ0) is 14.0. The Morgan fingerprint density at radius 1 is 1.32 bits per heavy atom. The molecule has 3 nitrogen and oxygen atoms in total. The van der Waals surface area contributed by atoms with E-state index < -0.39 is 23.1 Å². The summed E-state index contributed by atoms with van der Waals surface area (Å²) in [6.07, 6.45) is 0. The fourth-order valence-electron chi connectivity index (χ4n) is 1.60. The lowest BCUT2D eigenvalue weighted by molar-refractivity contribution is 0.0939. The minimum absolute atomic E-state index is 0.0710. The van der Waals surface area contributed by atoms with Crippen molar-refractivity contribution in [2.75, 3.05) is 0 Å². The van der Waals surface area contributed by atoms with Gasteiger partial charge in [-0.2, -0.15) is 0 Å². The number of aryl methyl sites for hydroxylation is 1. The highest BCUT2D eigenvalue weighted by molar-refractivity contribution is 9.10. The summed E-state index contributed by atoms with van der Waals surface area (Å²) < 4.78 is 32.6. The summed E-state index contributed by atoms with van der Waals surface area (Å²) in [4.78, 5) is 11.7. The van der Waals surface area contributed by atoms with Crippen molar-refractivity contribution in [3.05, 3.63) is 57.5 Å². The van der Waals surface area contributed by atoms with E-state index in [2.05, 4.69) is 21.2 Å². The summed E-state index contributed by atoms with van der Waals surface area (Å²) in [5.74, 6) is -1.44. The highest BCUT2D eigenvalue weighted by Gasteiger charge is 2.18. The lowest BCUT2D eigenvalue weighted by Gasteiger charge is -2.06.